The molecule has 2 N–H and O–H groups in total. The summed E-state index contributed by atoms with van der Waals surface area (Å²) in [4.78, 5) is 11.2. The summed E-state index contributed by atoms with van der Waals surface area (Å²) in [7, 11) is 0. The molecule has 0 saturated carbocycles. The van der Waals surface area contributed by atoms with Crippen molar-refractivity contribution in [2.24, 2.45) is 0 Å². The Kier molecular flexibility index (Phi) is 3.29. The summed E-state index contributed by atoms with van der Waals surface area (Å²) >= 11 is 0. The van der Waals surface area contributed by atoms with Gasteiger partial charge in [-0.15, -0.1) is 0 Å². The summed E-state index contributed by atoms with van der Waals surface area (Å²) in [5.41, 5.74) is 8.40. The van der Waals surface area contributed by atoms with Crippen molar-refractivity contribution < 1.29 is 4.74 Å². The quantitative estimate of drug-likeness (QED) is 0.826. The number of nitrogens with zero attached hydrogens (tertiary/aromatic N) is 3. The van der Waals surface area contributed by atoms with E-state index in [4.69, 9.17) is 10.5 Å². The molecule has 1 fully saturated rings. The van der Waals surface area contributed by atoms with Crippen molar-refractivity contribution in [2.45, 2.75) is 0 Å². The Bertz CT molecular complexity index is 550. The summed E-state index contributed by atoms with van der Waals surface area (Å²) in [6.45, 7) is 3.16. The van der Waals surface area contributed by atoms with Crippen molar-refractivity contribution >= 4 is 11.5 Å². The molecule has 0 radical (unpaired) electrons. The van der Waals surface area contributed by atoms with E-state index >= 15 is 0 Å². The van der Waals surface area contributed by atoms with Gasteiger partial charge in [-0.05, 0) is 12.1 Å². The number of anilines is 2. The van der Waals surface area contributed by atoms with E-state index in [-0.39, 0.29) is 0 Å². The maximum atomic E-state index is 5.72. The molecule has 5 nitrogen and oxygen atoms in total. The van der Waals surface area contributed by atoms with Crippen LogP contribution >= 0.6 is 0 Å². The number of nitrogens with two attached hydrogens (primary N) is 1. The van der Waals surface area contributed by atoms with E-state index in [0.29, 0.717) is 0 Å². The summed E-state index contributed by atoms with van der Waals surface area (Å²) in [6, 6.07) is 7.72. The van der Waals surface area contributed by atoms with E-state index in [9.17, 15) is 0 Å². The fourth-order valence-electron chi connectivity index (χ4n) is 2.18. The summed E-state index contributed by atoms with van der Waals surface area (Å²) in [5.74, 6) is 0.913. The second kappa shape index (κ2) is 5.24. The highest BCUT2D eigenvalue weighted by molar-refractivity contribution is 5.73. The van der Waals surface area contributed by atoms with Gasteiger partial charge in [-0.25, -0.2) is 4.98 Å². The maximum Gasteiger partial charge on any atom is 0.155 e. The minimum absolute atomic E-state index is 0.734. The van der Waals surface area contributed by atoms with Crippen molar-refractivity contribution in [2.75, 3.05) is 36.9 Å². The normalized spacial score (nSPS) is 15.5. The maximum absolute atomic E-state index is 5.72. The minimum atomic E-state index is 0.734. The van der Waals surface area contributed by atoms with Crippen molar-refractivity contribution in [1.29, 1.82) is 0 Å². The summed E-state index contributed by atoms with van der Waals surface area (Å²) in [5, 5.41) is 0. The second-order valence-corrected chi connectivity index (χ2v) is 4.45. The fourth-order valence-corrected chi connectivity index (χ4v) is 2.18. The molecule has 0 amide bonds. The van der Waals surface area contributed by atoms with Crippen LogP contribution in [0.4, 0.5) is 11.5 Å². The van der Waals surface area contributed by atoms with Crippen molar-refractivity contribution in [3.63, 3.8) is 0 Å². The Morgan fingerprint density at radius 3 is 2.42 bits per heavy atom. The summed E-state index contributed by atoms with van der Waals surface area (Å²) in [6.07, 6.45) is 3.45. The molecule has 0 aliphatic carbocycles. The van der Waals surface area contributed by atoms with Gasteiger partial charge in [0.1, 0.15) is 5.69 Å². The first-order valence-electron chi connectivity index (χ1n) is 6.34. The topological polar surface area (TPSA) is 64.3 Å². The van der Waals surface area contributed by atoms with Gasteiger partial charge in [0, 0.05) is 36.7 Å². The van der Waals surface area contributed by atoms with Crippen LogP contribution in [0.15, 0.2) is 36.7 Å². The van der Waals surface area contributed by atoms with Gasteiger partial charge in [0.2, 0.25) is 0 Å². The van der Waals surface area contributed by atoms with Crippen LogP contribution in [0.1, 0.15) is 0 Å². The van der Waals surface area contributed by atoms with Crippen LogP contribution < -0.4 is 10.6 Å². The molecule has 0 atom stereocenters. The van der Waals surface area contributed by atoms with Crippen LogP contribution in [0.5, 0.6) is 0 Å². The van der Waals surface area contributed by atoms with Crippen LogP contribution in [0, 0.1) is 0 Å². The highest BCUT2D eigenvalue weighted by Gasteiger charge is 2.17. The number of benzene rings is 1. The average Bonchev–Trinajstić information content (AvgIpc) is 2.49. The SMILES string of the molecule is Nc1ccc(-c2nccnc2N2CCOCC2)cc1. The third-order valence-corrected chi connectivity index (χ3v) is 3.17. The number of hydrogen-bond acceptors (Lipinski definition) is 5. The molecule has 2 aromatic rings. The Morgan fingerprint density at radius 2 is 1.68 bits per heavy atom. The molecule has 2 heterocycles. The first kappa shape index (κ1) is 11.9. The van der Waals surface area contributed by atoms with Crippen LogP contribution in [-0.4, -0.2) is 36.3 Å². The number of ether oxygens (including phenoxy) is 1. The molecule has 1 aliphatic rings. The molecular formula is C14H16N4O. The van der Waals surface area contributed by atoms with Gasteiger partial charge < -0.3 is 15.4 Å². The van der Waals surface area contributed by atoms with Gasteiger partial charge in [0.05, 0.1) is 13.2 Å². The molecule has 19 heavy (non-hydrogen) atoms. The van der Waals surface area contributed by atoms with Crippen LogP contribution in [0.3, 0.4) is 0 Å². The highest BCUT2D eigenvalue weighted by Crippen LogP contribution is 2.27. The van der Waals surface area contributed by atoms with Crippen molar-refractivity contribution in [3.05, 3.63) is 36.7 Å². The summed E-state index contributed by atoms with van der Waals surface area (Å²) < 4.78 is 5.38. The molecule has 5 heteroatoms. The number of morpholine rings is 1. The molecule has 0 spiro atoms. The van der Waals surface area contributed by atoms with Crippen molar-refractivity contribution in [1.82, 2.24) is 9.97 Å². The number of aromatic nitrogens is 2. The monoisotopic (exact) mass is 256 g/mol. The van der Waals surface area contributed by atoms with E-state index in [0.717, 1.165) is 49.1 Å². The lowest BCUT2D eigenvalue weighted by molar-refractivity contribution is 0.122. The molecule has 1 aliphatic heterocycles. The van der Waals surface area contributed by atoms with Gasteiger partial charge in [0.25, 0.3) is 0 Å². The van der Waals surface area contributed by atoms with Gasteiger partial charge in [-0.2, -0.15) is 0 Å². The molecule has 1 aromatic carbocycles. The van der Waals surface area contributed by atoms with Crippen LogP contribution in [0.25, 0.3) is 11.3 Å². The van der Waals surface area contributed by atoms with E-state index < -0.39 is 0 Å². The molecule has 1 saturated heterocycles. The first-order chi connectivity index (χ1) is 9.34. The third kappa shape index (κ3) is 2.51. The highest BCUT2D eigenvalue weighted by atomic mass is 16.5. The number of hydrogen-bond donors (Lipinski definition) is 1. The molecule has 3 rings (SSSR count). The van der Waals surface area contributed by atoms with E-state index in [1.165, 1.54) is 0 Å². The largest absolute Gasteiger partial charge is 0.399 e. The van der Waals surface area contributed by atoms with E-state index in [2.05, 4.69) is 14.9 Å². The number of rotatable bonds is 2. The molecule has 0 bridgehead atoms. The Morgan fingerprint density at radius 1 is 1.00 bits per heavy atom. The zero-order valence-electron chi connectivity index (χ0n) is 10.6. The fraction of sp³-hybridized carbons (Fsp3) is 0.286. The zero-order chi connectivity index (χ0) is 13.1. The molecule has 1 aromatic heterocycles. The average molecular weight is 256 g/mol. The molecular weight excluding hydrogens is 240 g/mol. The van der Waals surface area contributed by atoms with Gasteiger partial charge in [-0.3, -0.25) is 4.98 Å². The van der Waals surface area contributed by atoms with Crippen LogP contribution in [0.2, 0.25) is 0 Å². The molecule has 0 unspecified atom stereocenters. The lowest BCUT2D eigenvalue weighted by Crippen LogP contribution is -2.37. The van der Waals surface area contributed by atoms with Gasteiger partial charge in [0.15, 0.2) is 5.82 Å². The number of nitrogen functional groups attached to an aromatic ring is 1. The predicted octanol–water partition coefficient (Wildman–Crippen LogP) is 1.56. The van der Waals surface area contributed by atoms with Crippen LogP contribution in [-0.2, 0) is 4.74 Å². The molecule has 98 valence electrons. The lowest BCUT2D eigenvalue weighted by Gasteiger charge is -2.28. The van der Waals surface area contributed by atoms with Gasteiger partial charge >= 0.3 is 0 Å². The predicted molar refractivity (Wildman–Crippen MR) is 74.9 cm³/mol. The lowest BCUT2D eigenvalue weighted by atomic mass is 10.1. The van der Waals surface area contributed by atoms with E-state index in [1.54, 1.807) is 12.4 Å². The minimum Gasteiger partial charge on any atom is -0.399 e. The Balaban J connectivity index is 1.98. The first-order valence-corrected chi connectivity index (χ1v) is 6.34. The zero-order valence-corrected chi connectivity index (χ0v) is 10.6. The second-order valence-electron chi connectivity index (χ2n) is 4.45. The third-order valence-electron chi connectivity index (χ3n) is 3.17. The van der Waals surface area contributed by atoms with Crippen molar-refractivity contribution in [3.8, 4) is 11.3 Å². The van der Waals surface area contributed by atoms with Gasteiger partial charge in [-0.1, -0.05) is 12.1 Å². The Hall–Kier alpha value is -2.14. The van der Waals surface area contributed by atoms with E-state index in [1.807, 2.05) is 24.3 Å². The standard InChI is InChI=1S/C14H16N4O/c15-12-3-1-11(2-4-12)13-14(17-6-5-16-13)18-7-9-19-10-8-18/h1-6H,7-10,15H2. The Labute approximate surface area is 112 Å². The smallest absolute Gasteiger partial charge is 0.155 e.